The number of hydrogen-bond donors (Lipinski definition) is 2. The smallest absolute Gasteiger partial charge is 0.153 e. The summed E-state index contributed by atoms with van der Waals surface area (Å²) >= 11 is 0. The molecular formula is C16H15N3O. The molecule has 100 valence electrons. The normalized spacial score (nSPS) is 10.4. The minimum atomic E-state index is 0.466. The monoisotopic (exact) mass is 265 g/mol. The molecule has 3 rings (SSSR count). The highest BCUT2D eigenvalue weighted by Gasteiger charge is 2.17. The highest BCUT2D eigenvalue weighted by Crippen LogP contribution is 2.39. The summed E-state index contributed by atoms with van der Waals surface area (Å²) in [5.41, 5.74) is 9.77. The van der Waals surface area contributed by atoms with Crippen LogP contribution in [0.5, 0.6) is 5.75 Å². The van der Waals surface area contributed by atoms with Crippen LogP contribution in [0, 0.1) is 0 Å². The minimum Gasteiger partial charge on any atom is -0.496 e. The molecule has 0 atom stereocenters. The van der Waals surface area contributed by atoms with Gasteiger partial charge in [0.25, 0.3) is 0 Å². The third-order valence-corrected chi connectivity index (χ3v) is 3.23. The maximum absolute atomic E-state index is 6.04. The molecule has 1 heterocycles. The first-order chi connectivity index (χ1) is 9.81. The number of rotatable bonds is 3. The standard InChI is InChI=1S/C16H15N3O/c1-20-13-10-6-5-9-12(13)14-15(18-19-16(14)17)11-7-3-2-4-8-11/h2-10H,1H3,(H3,17,18,19). The third-order valence-electron chi connectivity index (χ3n) is 3.23. The molecule has 0 aliphatic carbocycles. The third kappa shape index (κ3) is 2.01. The summed E-state index contributed by atoms with van der Waals surface area (Å²) in [5.74, 6) is 1.24. The second kappa shape index (κ2) is 5.09. The van der Waals surface area contributed by atoms with E-state index in [1.807, 2.05) is 54.6 Å². The van der Waals surface area contributed by atoms with Crippen molar-refractivity contribution in [3.05, 3.63) is 54.6 Å². The number of para-hydroxylation sites is 1. The van der Waals surface area contributed by atoms with Gasteiger partial charge in [-0.3, -0.25) is 5.10 Å². The van der Waals surface area contributed by atoms with Crippen LogP contribution < -0.4 is 10.5 Å². The molecule has 0 bridgehead atoms. The Bertz CT molecular complexity index is 720. The number of nitrogens with one attached hydrogen (secondary N) is 1. The van der Waals surface area contributed by atoms with Gasteiger partial charge in [-0.1, -0.05) is 48.5 Å². The number of methoxy groups -OCH3 is 1. The Morgan fingerprint density at radius 3 is 2.45 bits per heavy atom. The fraction of sp³-hybridized carbons (Fsp3) is 0.0625. The van der Waals surface area contributed by atoms with Crippen molar-refractivity contribution in [2.45, 2.75) is 0 Å². The Morgan fingerprint density at radius 1 is 1.00 bits per heavy atom. The SMILES string of the molecule is COc1ccccc1-c1c(N)n[nH]c1-c1ccccc1. The van der Waals surface area contributed by atoms with E-state index in [4.69, 9.17) is 10.5 Å². The average molecular weight is 265 g/mol. The fourth-order valence-corrected chi connectivity index (χ4v) is 2.29. The molecule has 3 aromatic rings. The predicted octanol–water partition coefficient (Wildman–Crippen LogP) is 3.33. The summed E-state index contributed by atoms with van der Waals surface area (Å²) in [7, 11) is 1.65. The van der Waals surface area contributed by atoms with Crippen LogP contribution in [-0.2, 0) is 0 Å². The number of aromatic amines is 1. The summed E-state index contributed by atoms with van der Waals surface area (Å²) in [4.78, 5) is 0. The Hall–Kier alpha value is -2.75. The second-order valence-electron chi connectivity index (χ2n) is 4.43. The largest absolute Gasteiger partial charge is 0.496 e. The van der Waals surface area contributed by atoms with E-state index in [9.17, 15) is 0 Å². The van der Waals surface area contributed by atoms with E-state index in [2.05, 4.69) is 10.2 Å². The molecule has 3 N–H and O–H groups in total. The number of nitrogens with zero attached hydrogens (tertiary/aromatic N) is 1. The van der Waals surface area contributed by atoms with E-state index in [1.165, 1.54) is 0 Å². The zero-order valence-electron chi connectivity index (χ0n) is 11.1. The maximum Gasteiger partial charge on any atom is 0.153 e. The molecule has 1 aromatic heterocycles. The molecule has 2 aromatic carbocycles. The van der Waals surface area contributed by atoms with E-state index in [0.717, 1.165) is 28.1 Å². The van der Waals surface area contributed by atoms with Gasteiger partial charge in [0, 0.05) is 11.1 Å². The van der Waals surface area contributed by atoms with Gasteiger partial charge < -0.3 is 10.5 Å². The van der Waals surface area contributed by atoms with Gasteiger partial charge in [0.05, 0.1) is 18.4 Å². The van der Waals surface area contributed by atoms with Crippen molar-refractivity contribution >= 4 is 5.82 Å². The van der Waals surface area contributed by atoms with E-state index >= 15 is 0 Å². The molecular weight excluding hydrogens is 250 g/mol. The molecule has 0 saturated heterocycles. The van der Waals surface area contributed by atoms with Gasteiger partial charge in [-0.15, -0.1) is 0 Å². The number of aromatic nitrogens is 2. The van der Waals surface area contributed by atoms with Gasteiger partial charge in [0.2, 0.25) is 0 Å². The summed E-state index contributed by atoms with van der Waals surface area (Å²) in [6, 6.07) is 17.8. The fourth-order valence-electron chi connectivity index (χ4n) is 2.29. The average Bonchev–Trinajstić information content (AvgIpc) is 2.89. The van der Waals surface area contributed by atoms with Gasteiger partial charge in [0.1, 0.15) is 5.75 Å². The molecule has 20 heavy (non-hydrogen) atoms. The van der Waals surface area contributed by atoms with Gasteiger partial charge in [-0.25, -0.2) is 0 Å². The lowest BCUT2D eigenvalue weighted by molar-refractivity contribution is 0.416. The van der Waals surface area contributed by atoms with Gasteiger partial charge >= 0.3 is 0 Å². The first kappa shape index (κ1) is 12.3. The Kier molecular flexibility index (Phi) is 3.13. The van der Waals surface area contributed by atoms with Gasteiger partial charge in [-0.2, -0.15) is 5.10 Å². The molecule has 4 heteroatoms. The summed E-state index contributed by atoms with van der Waals surface area (Å²) < 4.78 is 5.42. The predicted molar refractivity (Wildman–Crippen MR) is 80.4 cm³/mol. The molecule has 0 aliphatic rings. The van der Waals surface area contributed by atoms with E-state index < -0.39 is 0 Å². The molecule has 4 nitrogen and oxygen atoms in total. The molecule has 0 aliphatic heterocycles. The van der Waals surface area contributed by atoms with Gasteiger partial charge in [-0.05, 0) is 6.07 Å². The topological polar surface area (TPSA) is 63.9 Å². The Morgan fingerprint density at radius 2 is 1.70 bits per heavy atom. The van der Waals surface area contributed by atoms with Crippen molar-refractivity contribution in [2.75, 3.05) is 12.8 Å². The number of benzene rings is 2. The van der Waals surface area contributed by atoms with Gasteiger partial charge in [0.15, 0.2) is 5.82 Å². The number of hydrogen-bond acceptors (Lipinski definition) is 3. The lowest BCUT2D eigenvalue weighted by atomic mass is 10.00. The van der Waals surface area contributed by atoms with Crippen LogP contribution in [0.25, 0.3) is 22.4 Å². The van der Waals surface area contributed by atoms with Crippen LogP contribution >= 0.6 is 0 Å². The highest BCUT2D eigenvalue weighted by atomic mass is 16.5. The molecule has 0 unspecified atom stereocenters. The van der Waals surface area contributed by atoms with Crippen molar-refractivity contribution in [3.8, 4) is 28.1 Å². The van der Waals surface area contributed by atoms with E-state index in [-0.39, 0.29) is 0 Å². The Labute approximate surface area is 117 Å². The first-order valence-corrected chi connectivity index (χ1v) is 6.34. The van der Waals surface area contributed by atoms with Crippen LogP contribution in [0.4, 0.5) is 5.82 Å². The Balaban J connectivity index is 2.22. The second-order valence-corrected chi connectivity index (χ2v) is 4.43. The molecule has 0 spiro atoms. The summed E-state index contributed by atoms with van der Waals surface area (Å²) in [6.07, 6.45) is 0. The number of ether oxygens (including phenoxy) is 1. The zero-order valence-corrected chi connectivity index (χ0v) is 11.1. The molecule has 0 fully saturated rings. The van der Waals surface area contributed by atoms with E-state index in [0.29, 0.717) is 5.82 Å². The van der Waals surface area contributed by atoms with Crippen molar-refractivity contribution in [3.63, 3.8) is 0 Å². The van der Waals surface area contributed by atoms with Crippen LogP contribution in [-0.4, -0.2) is 17.3 Å². The number of H-pyrrole nitrogens is 1. The summed E-state index contributed by atoms with van der Waals surface area (Å²) in [6.45, 7) is 0. The van der Waals surface area contributed by atoms with Crippen molar-refractivity contribution in [1.82, 2.24) is 10.2 Å². The first-order valence-electron chi connectivity index (χ1n) is 6.34. The molecule has 0 amide bonds. The lowest BCUT2D eigenvalue weighted by Gasteiger charge is -2.09. The van der Waals surface area contributed by atoms with Crippen LogP contribution in [0.2, 0.25) is 0 Å². The van der Waals surface area contributed by atoms with Crippen LogP contribution in [0.15, 0.2) is 54.6 Å². The van der Waals surface area contributed by atoms with Crippen molar-refractivity contribution in [1.29, 1.82) is 0 Å². The van der Waals surface area contributed by atoms with E-state index in [1.54, 1.807) is 7.11 Å². The quantitative estimate of drug-likeness (QED) is 0.763. The maximum atomic E-state index is 6.04. The van der Waals surface area contributed by atoms with Crippen molar-refractivity contribution in [2.24, 2.45) is 0 Å². The molecule has 0 saturated carbocycles. The van der Waals surface area contributed by atoms with Crippen molar-refractivity contribution < 1.29 is 4.74 Å². The van der Waals surface area contributed by atoms with Crippen LogP contribution in [0.1, 0.15) is 0 Å². The summed E-state index contributed by atoms with van der Waals surface area (Å²) in [5, 5.41) is 7.15. The lowest BCUT2D eigenvalue weighted by Crippen LogP contribution is -1.92. The molecule has 0 radical (unpaired) electrons. The zero-order chi connectivity index (χ0) is 13.9. The highest BCUT2D eigenvalue weighted by molar-refractivity contribution is 5.90. The number of nitrogen functional groups attached to an aromatic ring is 1. The number of nitrogens with two attached hydrogens (primary N) is 1. The minimum absolute atomic E-state index is 0.466. The number of anilines is 1. The van der Waals surface area contributed by atoms with Crippen LogP contribution in [0.3, 0.4) is 0 Å².